The maximum absolute atomic E-state index is 5.93. The quantitative estimate of drug-likeness (QED) is 0.775. The number of hydrogen-bond donors (Lipinski definition) is 1. The molecule has 0 aliphatic heterocycles. The van der Waals surface area contributed by atoms with Crippen molar-refractivity contribution in [1.29, 1.82) is 0 Å². The van der Waals surface area contributed by atoms with E-state index >= 15 is 0 Å². The monoisotopic (exact) mass is 257 g/mol. The highest BCUT2D eigenvalue weighted by molar-refractivity contribution is 5.74. The molecule has 0 bridgehead atoms. The number of fused-ring (bicyclic) bond motifs is 1. The normalized spacial score (nSPS) is 11.3. The molecule has 0 spiro atoms. The van der Waals surface area contributed by atoms with Gasteiger partial charge in [0.2, 0.25) is 11.8 Å². The van der Waals surface area contributed by atoms with Gasteiger partial charge in [0.1, 0.15) is 17.8 Å². The molecule has 0 aromatic carbocycles. The van der Waals surface area contributed by atoms with Crippen LogP contribution in [-0.4, -0.2) is 19.5 Å². The van der Waals surface area contributed by atoms with E-state index in [0.717, 1.165) is 28.9 Å². The van der Waals surface area contributed by atoms with E-state index in [9.17, 15) is 0 Å². The van der Waals surface area contributed by atoms with Crippen molar-refractivity contribution >= 4 is 17.1 Å². The summed E-state index contributed by atoms with van der Waals surface area (Å²) in [4.78, 5) is 12.9. The standard InChI is InChI=1S/C13H15N5O/c1-3-9-6-15-11(19-9)7-18-12-10(17-13(18)14)4-8(2)5-16-12/h4-6H,3,7H2,1-2H3,(H2,14,17). The molecule has 0 saturated heterocycles. The van der Waals surface area contributed by atoms with Crippen molar-refractivity contribution in [2.24, 2.45) is 0 Å². The second-order valence-corrected chi connectivity index (χ2v) is 4.49. The predicted molar refractivity (Wildman–Crippen MR) is 71.7 cm³/mol. The Morgan fingerprint density at radius 2 is 2.16 bits per heavy atom. The van der Waals surface area contributed by atoms with Gasteiger partial charge in [-0.2, -0.15) is 0 Å². The SMILES string of the molecule is CCc1cnc(Cn2c(N)nc3cc(C)cnc32)o1. The Morgan fingerprint density at radius 1 is 1.32 bits per heavy atom. The lowest BCUT2D eigenvalue weighted by molar-refractivity contribution is 0.449. The number of hydrogen-bond acceptors (Lipinski definition) is 5. The van der Waals surface area contributed by atoms with Crippen LogP contribution in [-0.2, 0) is 13.0 Å². The number of nitrogens with two attached hydrogens (primary N) is 1. The Bertz CT molecular complexity index is 728. The molecular weight excluding hydrogens is 242 g/mol. The maximum Gasteiger partial charge on any atom is 0.214 e. The molecule has 0 saturated carbocycles. The van der Waals surface area contributed by atoms with Crippen molar-refractivity contribution in [3.05, 3.63) is 35.7 Å². The molecule has 0 radical (unpaired) electrons. The fourth-order valence-corrected chi connectivity index (χ4v) is 2.00. The van der Waals surface area contributed by atoms with E-state index in [0.29, 0.717) is 18.4 Å². The summed E-state index contributed by atoms with van der Waals surface area (Å²) in [5.41, 5.74) is 8.53. The molecule has 98 valence electrons. The van der Waals surface area contributed by atoms with Gasteiger partial charge >= 0.3 is 0 Å². The van der Waals surface area contributed by atoms with E-state index in [1.54, 1.807) is 17.0 Å². The van der Waals surface area contributed by atoms with Crippen LogP contribution < -0.4 is 5.73 Å². The van der Waals surface area contributed by atoms with E-state index in [1.165, 1.54) is 0 Å². The summed E-state index contributed by atoms with van der Waals surface area (Å²) < 4.78 is 7.40. The Morgan fingerprint density at radius 3 is 2.89 bits per heavy atom. The molecule has 3 aromatic rings. The molecule has 3 aromatic heterocycles. The second-order valence-electron chi connectivity index (χ2n) is 4.49. The number of rotatable bonds is 3. The topological polar surface area (TPSA) is 82.8 Å². The minimum absolute atomic E-state index is 0.421. The Kier molecular flexibility index (Phi) is 2.70. The second kappa shape index (κ2) is 4.38. The van der Waals surface area contributed by atoms with Gasteiger partial charge in [-0.1, -0.05) is 6.92 Å². The summed E-state index contributed by atoms with van der Waals surface area (Å²) >= 11 is 0. The van der Waals surface area contributed by atoms with Crippen LogP contribution >= 0.6 is 0 Å². The van der Waals surface area contributed by atoms with Gasteiger partial charge in [0, 0.05) is 12.6 Å². The average Bonchev–Trinajstić information content (AvgIpc) is 2.95. The van der Waals surface area contributed by atoms with Crippen LogP contribution in [0.25, 0.3) is 11.2 Å². The lowest BCUT2D eigenvalue weighted by Gasteiger charge is -2.02. The van der Waals surface area contributed by atoms with Crippen LogP contribution in [0.15, 0.2) is 22.9 Å². The molecule has 19 heavy (non-hydrogen) atoms. The summed E-state index contributed by atoms with van der Waals surface area (Å²) in [5, 5.41) is 0. The van der Waals surface area contributed by atoms with E-state index in [-0.39, 0.29) is 0 Å². The number of imidazole rings is 1. The number of aromatic nitrogens is 4. The van der Waals surface area contributed by atoms with Crippen LogP contribution in [0.5, 0.6) is 0 Å². The molecule has 6 nitrogen and oxygen atoms in total. The molecule has 0 aliphatic rings. The van der Waals surface area contributed by atoms with Gasteiger partial charge in [0.25, 0.3) is 0 Å². The minimum atomic E-state index is 0.421. The number of nitrogen functional groups attached to an aromatic ring is 1. The molecule has 0 fully saturated rings. The van der Waals surface area contributed by atoms with Gasteiger partial charge in [0.15, 0.2) is 5.65 Å². The zero-order valence-electron chi connectivity index (χ0n) is 10.9. The van der Waals surface area contributed by atoms with Crippen molar-refractivity contribution in [2.45, 2.75) is 26.8 Å². The summed E-state index contributed by atoms with van der Waals surface area (Å²) in [7, 11) is 0. The Labute approximate surface area is 110 Å². The summed E-state index contributed by atoms with van der Waals surface area (Å²) in [6, 6.07) is 1.96. The average molecular weight is 257 g/mol. The van der Waals surface area contributed by atoms with Crippen molar-refractivity contribution in [3.8, 4) is 0 Å². The minimum Gasteiger partial charge on any atom is -0.444 e. The Hall–Kier alpha value is -2.37. The maximum atomic E-state index is 5.93. The third-order valence-corrected chi connectivity index (χ3v) is 2.99. The molecule has 2 N–H and O–H groups in total. The van der Waals surface area contributed by atoms with Gasteiger partial charge in [-0.05, 0) is 18.6 Å². The van der Waals surface area contributed by atoms with Gasteiger partial charge in [-0.3, -0.25) is 4.57 Å². The van der Waals surface area contributed by atoms with Gasteiger partial charge in [0.05, 0.1) is 6.20 Å². The van der Waals surface area contributed by atoms with Crippen LogP contribution in [0, 0.1) is 6.92 Å². The Balaban J connectivity index is 2.02. The van der Waals surface area contributed by atoms with E-state index in [2.05, 4.69) is 15.0 Å². The first kappa shape index (κ1) is 11.7. The molecular formula is C13H15N5O. The molecule has 6 heteroatoms. The van der Waals surface area contributed by atoms with Crippen LogP contribution in [0.3, 0.4) is 0 Å². The number of aryl methyl sites for hydroxylation is 2. The number of nitrogens with zero attached hydrogens (tertiary/aromatic N) is 4. The summed E-state index contributed by atoms with van der Waals surface area (Å²) in [6.07, 6.45) is 4.36. The fraction of sp³-hybridized carbons (Fsp3) is 0.308. The van der Waals surface area contributed by atoms with Crippen molar-refractivity contribution < 1.29 is 4.42 Å². The molecule has 0 atom stereocenters. The molecule has 0 amide bonds. The van der Waals surface area contributed by atoms with Gasteiger partial charge in [-0.15, -0.1) is 0 Å². The fourth-order valence-electron chi connectivity index (χ4n) is 2.00. The zero-order chi connectivity index (χ0) is 13.4. The highest BCUT2D eigenvalue weighted by Gasteiger charge is 2.12. The summed E-state index contributed by atoms with van der Waals surface area (Å²) in [5.74, 6) is 1.90. The lowest BCUT2D eigenvalue weighted by atomic mass is 10.3. The molecule has 0 unspecified atom stereocenters. The first-order chi connectivity index (χ1) is 9.17. The zero-order valence-corrected chi connectivity index (χ0v) is 10.9. The van der Waals surface area contributed by atoms with Crippen molar-refractivity contribution in [3.63, 3.8) is 0 Å². The van der Waals surface area contributed by atoms with E-state index < -0.39 is 0 Å². The van der Waals surface area contributed by atoms with E-state index in [4.69, 9.17) is 10.2 Å². The third kappa shape index (κ3) is 2.05. The smallest absolute Gasteiger partial charge is 0.214 e. The third-order valence-electron chi connectivity index (χ3n) is 2.99. The predicted octanol–water partition coefficient (Wildman–Crippen LogP) is 1.92. The molecule has 0 aliphatic carbocycles. The molecule has 3 rings (SSSR count). The number of anilines is 1. The van der Waals surface area contributed by atoms with Gasteiger partial charge in [-0.25, -0.2) is 15.0 Å². The highest BCUT2D eigenvalue weighted by atomic mass is 16.4. The van der Waals surface area contributed by atoms with Crippen LogP contribution in [0.4, 0.5) is 5.95 Å². The van der Waals surface area contributed by atoms with Crippen molar-refractivity contribution in [1.82, 2.24) is 19.5 Å². The van der Waals surface area contributed by atoms with Crippen LogP contribution in [0.1, 0.15) is 24.1 Å². The number of pyridine rings is 1. The number of oxazole rings is 1. The van der Waals surface area contributed by atoms with Crippen molar-refractivity contribution in [2.75, 3.05) is 5.73 Å². The lowest BCUT2D eigenvalue weighted by Crippen LogP contribution is -2.05. The first-order valence-electron chi connectivity index (χ1n) is 6.19. The molecule has 3 heterocycles. The highest BCUT2D eigenvalue weighted by Crippen LogP contribution is 2.18. The van der Waals surface area contributed by atoms with Gasteiger partial charge < -0.3 is 10.2 Å². The largest absolute Gasteiger partial charge is 0.444 e. The first-order valence-corrected chi connectivity index (χ1v) is 6.19. The van der Waals surface area contributed by atoms with E-state index in [1.807, 2.05) is 19.9 Å². The summed E-state index contributed by atoms with van der Waals surface area (Å²) in [6.45, 7) is 4.44. The van der Waals surface area contributed by atoms with Crippen LogP contribution in [0.2, 0.25) is 0 Å².